The van der Waals surface area contributed by atoms with Crippen LogP contribution < -0.4 is 0 Å². The zero-order chi connectivity index (χ0) is 13.8. The summed E-state index contributed by atoms with van der Waals surface area (Å²) < 4.78 is 5.61. The zero-order valence-electron chi connectivity index (χ0n) is 12.8. The maximum Gasteiger partial charge on any atom is 0.0908 e. The van der Waals surface area contributed by atoms with Gasteiger partial charge in [0.1, 0.15) is 0 Å². The predicted octanol–water partition coefficient (Wildman–Crippen LogP) is 4.87. The van der Waals surface area contributed by atoms with Crippen molar-refractivity contribution in [2.24, 2.45) is 5.92 Å². The lowest BCUT2D eigenvalue weighted by Crippen LogP contribution is -2.13. The third-order valence-electron chi connectivity index (χ3n) is 4.51. The van der Waals surface area contributed by atoms with Gasteiger partial charge in [0, 0.05) is 0 Å². The summed E-state index contributed by atoms with van der Waals surface area (Å²) in [5, 5.41) is 0. The molecule has 1 aliphatic heterocycles. The number of allylic oxidation sites excluding steroid dienone is 2. The molecular formula is C18H26O. The second-order valence-corrected chi connectivity index (χ2v) is 5.91. The highest BCUT2D eigenvalue weighted by atomic mass is 16.5. The van der Waals surface area contributed by atoms with Crippen LogP contribution in [0.5, 0.6) is 0 Å². The van der Waals surface area contributed by atoms with Crippen LogP contribution in [-0.4, -0.2) is 6.61 Å². The lowest BCUT2D eigenvalue weighted by atomic mass is 9.92. The van der Waals surface area contributed by atoms with Gasteiger partial charge >= 0.3 is 0 Å². The topological polar surface area (TPSA) is 9.23 Å². The first-order valence-corrected chi connectivity index (χ1v) is 7.43. The van der Waals surface area contributed by atoms with Crippen molar-refractivity contribution < 1.29 is 4.74 Å². The molecule has 1 nitrogen and oxygen atoms in total. The summed E-state index contributed by atoms with van der Waals surface area (Å²) in [4.78, 5) is 0. The quantitative estimate of drug-likeness (QED) is 0.748. The van der Waals surface area contributed by atoms with Gasteiger partial charge in [-0.15, -0.1) is 0 Å². The summed E-state index contributed by atoms with van der Waals surface area (Å²) >= 11 is 0. The molecule has 0 saturated carbocycles. The van der Waals surface area contributed by atoms with Gasteiger partial charge in [0.15, 0.2) is 0 Å². The molecule has 1 heteroatoms. The SMILES string of the molecule is CC1=CCC(CCCc2ccc(C)c(C)c2C)CO1. The lowest BCUT2D eigenvalue weighted by molar-refractivity contribution is 0.142. The van der Waals surface area contributed by atoms with Crippen LogP contribution in [0.4, 0.5) is 0 Å². The minimum absolute atomic E-state index is 0.718. The fraction of sp³-hybridized carbons (Fsp3) is 0.556. The number of rotatable bonds is 4. The Labute approximate surface area is 117 Å². The van der Waals surface area contributed by atoms with Crippen molar-refractivity contribution in [1.29, 1.82) is 0 Å². The highest BCUT2D eigenvalue weighted by molar-refractivity contribution is 5.38. The van der Waals surface area contributed by atoms with Gasteiger partial charge in [0.25, 0.3) is 0 Å². The van der Waals surface area contributed by atoms with E-state index in [0.29, 0.717) is 0 Å². The van der Waals surface area contributed by atoms with Gasteiger partial charge in [-0.3, -0.25) is 0 Å². The minimum atomic E-state index is 0.718. The fourth-order valence-electron chi connectivity index (χ4n) is 2.77. The van der Waals surface area contributed by atoms with Crippen LogP contribution in [0.2, 0.25) is 0 Å². The van der Waals surface area contributed by atoms with Crippen molar-refractivity contribution in [2.45, 2.75) is 53.4 Å². The molecule has 0 radical (unpaired) electrons. The summed E-state index contributed by atoms with van der Waals surface area (Å²) in [6, 6.07) is 4.56. The van der Waals surface area contributed by atoms with Crippen molar-refractivity contribution in [3.8, 4) is 0 Å². The van der Waals surface area contributed by atoms with Crippen LogP contribution in [0.3, 0.4) is 0 Å². The van der Waals surface area contributed by atoms with E-state index in [1.165, 1.54) is 47.9 Å². The van der Waals surface area contributed by atoms with Crippen molar-refractivity contribution in [1.82, 2.24) is 0 Å². The predicted molar refractivity (Wildman–Crippen MR) is 81.4 cm³/mol. The van der Waals surface area contributed by atoms with Crippen molar-refractivity contribution in [2.75, 3.05) is 6.61 Å². The van der Waals surface area contributed by atoms with E-state index in [9.17, 15) is 0 Å². The highest BCUT2D eigenvalue weighted by Crippen LogP contribution is 2.23. The van der Waals surface area contributed by atoms with E-state index in [2.05, 4.69) is 45.9 Å². The smallest absolute Gasteiger partial charge is 0.0908 e. The molecular weight excluding hydrogens is 232 g/mol. The van der Waals surface area contributed by atoms with Crippen molar-refractivity contribution >= 4 is 0 Å². The van der Waals surface area contributed by atoms with E-state index in [1.54, 1.807) is 0 Å². The average molecular weight is 258 g/mol. The van der Waals surface area contributed by atoms with Gasteiger partial charge in [-0.2, -0.15) is 0 Å². The van der Waals surface area contributed by atoms with E-state index in [-0.39, 0.29) is 0 Å². The van der Waals surface area contributed by atoms with E-state index >= 15 is 0 Å². The minimum Gasteiger partial charge on any atom is -0.498 e. The molecule has 0 bridgehead atoms. The van der Waals surface area contributed by atoms with Crippen LogP contribution in [0.25, 0.3) is 0 Å². The Balaban J connectivity index is 1.85. The molecule has 2 rings (SSSR count). The van der Waals surface area contributed by atoms with E-state index < -0.39 is 0 Å². The van der Waals surface area contributed by atoms with Gasteiger partial charge in [-0.1, -0.05) is 12.1 Å². The molecule has 1 heterocycles. The second-order valence-electron chi connectivity index (χ2n) is 5.91. The Hall–Kier alpha value is -1.24. The third kappa shape index (κ3) is 3.62. The largest absolute Gasteiger partial charge is 0.498 e. The Morgan fingerprint density at radius 1 is 1.11 bits per heavy atom. The Kier molecular flexibility index (Phi) is 4.68. The van der Waals surface area contributed by atoms with Crippen LogP contribution in [-0.2, 0) is 11.2 Å². The summed E-state index contributed by atoms with van der Waals surface area (Å²) in [5.41, 5.74) is 5.86. The number of aryl methyl sites for hydroxylation is 2. The Morgan fingerprint density at radius 3 is 2.58 bits per heavy atom. The van der Waals surface area contributed by atoms with Crippen molar-refractivity contribution in [3.05, 3.63) is 46.2 Å². The van der Waals surface area contributed by atoms with Gasteiger partial charge in [0.2, 0.25) is 0 Å². The number of hydrogen-bond acceptors (Lipinski definition) is 1. The molecule has 0 fully saturated rings. The first kappa shape index (κ1) is 14.2. The molecule has 0 N–H and O–H groups in total. The Bertz CT molecular complexity index is 471. The molecule has 0 saturated heterocycles. The van der Waals surface area contributed by atoms with Crippen LogP contribution in [0.15, 0.2) is 24.0 Å². The molecule has 1 aromatic rings. The highest BCUT2D eigenvalue weighted by Gasteiger charge is 2.13. The third-order valence-corrected chi connectivity index (χ3v) is 4.51. The average Bonchev–Trinajstić information content (AvgIpc) is 2.41. The first-order valence-electron chi connectivity index (χ1n) is 7.43. The molecule has 104 valence electrons. The first-order chi connectivity index (χ1) is 9.08. The normalized spacial score (nSPS) is 18.9. The van der Waals surface area contributed by atoms with Gasteiger partial charge in [-0.25, -0.2) is 0 Å². The molecule has 0 aliphatic carbocycles. The number of benzene rings is 1. The second kappa shape index (κ2) is 6.27. The number of hydrogen-bond donors (Lipinski definition) is 0. The molecule has 0 amide bonds. The molecule has 19 heavy (non-hydrogen) atoms. The summed E-state index contributed by atoms with van der Waals surface area (Å²) in [5.74, 6) is 1.82. The van der Waals surface area contributed by atoms with Gasteiger partial charge in [-0.05, 0) is 87.6 Å². The molecule has 0 aromatic heterocycles. The summed E-state index contributed by atoms with van der Waals surface area (Å²) in [7, 11) is 0. The standard InChI is InChI=1S/C18H26O/c1-13-8-11-18(16(4)15(13)3)7-5-6-17-10-9-14(2)19-12-17/h8-9,11,17H,5-7,10,12H2,1-4H3. The monoisotopic (exact) mass is 258 g/mol. The van der Waals surface area contributed by atoms with Crippen molar-refractivity contribution in [3.63, 3.8) is 0 Å². The molecule has 1 aliphatic rings. The molecule has 1 unspecified atom stereocenters. The molecule has 1 atom stereocenters. The van der Waals surface area contributed by atoms with E-state index in [1.807, 2.05) is 0 Å². The fourth-order valence-corrected chi connectivity index (χ4v) is 2.77. The van der Waals surface area contributed by atoms with E-state index in [4.69, 9.17) is 4.74 Å². The maximum atomic E-state index is 5.61. The number of ether oxygens (including phenoxy) is 1. The lowest BCUT2D eigenvalue weighted by Gasteiger charge is -2.21. The van der Waals surface area contributed by atoms with Crippen LogP contribution >= 0.6 is 0 Å². The summed E-state index contributed by atoms with van der Waals surface area (Å²) in [6.07, 6.45) is 7.17. The molecule has 1 aromatic carbocycles. The zero-order valence-corrected chi connectivity index (χ0v) is 12.8. The Morgan fingerprint density at radius 2 is 1.89 bits per heavy atom. The maximum absolute atomic E-state index is 5.61. The van der Waals surface area contributed by atoms with E-state index in [0.717, 1.165) is 18.3 Å². The van der Waals surface area contributed by atoms with Gasteiger partial charge < -0.3 is 4.74 Å². The summed E-state index contributed by atoms with van der Waals surface area (Å²) in [6.45, 7) is 9.65. The molecule has 0 spiro atoms. The van der Waals surface area contributed by atoms with Crippen LogP contribution in [0, 0.1) is 26.7 Å². The van der Waals surface area contributed by atoms with Gasteiger partial charge in [0.05, 0.1) is 12.4 Å². The van der Waals surface area contributed by atoms with Crippen LogP contribution in [0.1, 0.15) is 48.4 Å².